The number of carbonyl (C=O) groups excluding carboxylic acids is 2. The summed E-state index contributed by atoms with van der Waals surface area (Å²) in [6.45, 7) is -0.574. The van der Waals surface area contributed by atoms with E-state index in [1.807, 2.05) is 0 Å². The van der Waals surface area contributed by atoms with Gasteiger partial charge in [-0.1, -0.05) is 12.8 Å². The Morgan fingerprint density at radius 1 is 1.33 bits per heavy atom. The second kappa shape index (κ2) is 5.60. The lowest BCUT2D eigenvalue weighted by molar-refractivity contribution is -0.164. The fourth-order valence-electron chi connectivity index (χ4n) is 3.13. The predicted octanol–water partition coefficient (Wildman–Crippen LogP) is 1.41. The van der Waals surface area contributed by atoms with E-state index < -0.39 is 33.9 Å². The number of carbonyl (C=O) groups is 2. The van der Waals surface area contributed by atoms with E-state index in [1.165, 1.54) is 0 Å². The highest BCUT2D eigenvalue weighted by Gasteiger charge is 2.54. The van der Waals surface area contributed by atoms with Crippen LogP contribution in [0, 0.1) is 17.8 Å². The van der Waals surface area contributed by atoms with Crippen LogP contribution in [0.25, 0.3) is 0 Å². The Hall–Kier alpha value is -1.09. The minimum Gasteiger partial charge on any atom is -0.460 e. The quantitative estimate of drug-likeness (QED) is 0.619. The van der Waals surface area contributed by atoms with Gasteiger partial charge in [-0.05, 0) is 25.2 Å². The third kappa shape index (κ3) is 3.23. The third-order valence-corrected chi connectivity index (χ3v) is 5.00. The molecular weight excluding hydrogens is 310 g/mol. The summed E-state index contributed by atoms with van der Waals surface area (Å²) in [4.78, 5) is 23.1. The van der Waals surface area contributed by atoms with Crippen molar-refractivity contribution in [3.63, 3.8) is 0 Å². The monoisotopic (exact) mass is 326 g/mol. The lowest BCUT2D eigenvalue weighted by Crippen LogP contribution is -2.42. The number of Topliss-reactive ketones (excluding diaryl/α,β-unsaturated/α-hetero) is 1. The van der Waals surface area contributed by atoms with Gasteiger partial charge in [-0.2, -0.15) is 17.2 Å². The fourth-order valence-corrected chi connectivity index (χ4v) is 3.40. The lowest BCUT2D eigenvalue weighted by Gasteiger charge is -2.37. The summed E-state index contributed by atoms with van der Waals surface area (Å²) >= 11 is 0. The zero-order valence-corrected chi connectivity index (χ0v) is 11.9. The molecule has 120 valence electrons. The van der Waals surface area contributed by atoms with Gasteiger partial charge in [-0.3, -0.25) is 9.35 Å². The van der Waals surface area contributed by atoms with E-state index in [1.54, 1.807) is 0 Å². The van der Waals surface area contributed by atoms with E-state index in [4.69, 9.17) is 4.55 Å². The average molecular weight is 326 g/mol. The Balaban J connectivity index is 1.97. The van der Waals surface area contributed by atoms with Gasteiger partial charge in [0.25, 0.3) is 0 Å². The maximum absolute atomic E-state index is 13.0. The standard InChI is InChI=1S/C12H16F2O6S/c13-12(14,21(17,18)19)11(16)20-6-9-5-7-2-1-3-8(4-7)10(9)15/h7-9H,1-6H2,(H,17,18,19). The molecular formula is C12H16F2O6S. The van der Waals surface area contributed by atoms with E-state index in [-0.39, 0.29) is 11.7 Å². The normalized spacial score (nSPS) is 30.0. The first kappa shape index (κ1) is 16.3. The fraction of sp³-hybridized carbons (Fsp3) is 0.833. The number of fused-ring (bicyclic) bond motifs is 2. The van der Waals surface area contributed by atoms with Gasteiger partial charge in [-0.25, -0.2) is 4.79 Å². The molecule has 2 aliphatic carbocycles. The van der Waals surface area contributed by atoms with Gasteiger partial charge in [0.2, 0.25) is 0 Å². The van der Waals surface area contributed by atoms with Crippen LogP contribution in [0.15, 0.2) is 0 Å². The SMILES string of the molecule is O=C1C2CCCC(C2)CC1COC(=O)C(F)(F)S(=O)(=O)O. The Labute approximate surface area is 120 Å². The number of halogens is 2. The number of esters is 1. The Morgan fingerprint density at radius 2 is 2.00 bits per heavy atom. The van der Waals surface area contributed by atoms with Crippen LogP contribution in [0.2, 0.25) is 0 Å². The number of ether oxygens (including phenoxy) is 1. The van der Waals surface area contributed by atoms with Crippen LogP contribution in [-0.4, -0.2) is 36.6 Å². The van der Waals surface area contributed by atoms with Crippen molar-refractivity contribution >= 4 is 21.9 Å². The van der Waals surface area contributed by atoms with Gasteiger partial charge in [-0.15, -0.1) is 0 Å². The minimum absolute atomic E-state index is 0.117. The zero-order valence-electron chi connectivity index (χ0n) is 11.1. The molecule has 0 saturated heterocycles. The molecule has 0 aromatic heterocycles. The van der Waals surface area contributed by atoms with Crippen molar-refractivity contribution in [2.75, 3.05) is 6.61 Å². The van der Waals surface area contributed by atoms with Gasteiger partial charge in [0.1, 0.15) is 12.4 Å². The molecule has 2 bridgehead atoms. The molecule has 9 heteroatoms. The summed E-state index contributed by atoms with van der Waals surface area (Å²) in [5, 5.41) is -5.01. The van der Waals surface area contributed by atoms with Crippen molar-refractivity contribution < 1.29 is 36.1 Å². The molecule has 3 atom stereocenters. The van der Waals surface area contributed by atoms with Gasteiger partial charge in [0.05, 0.1) is 5.92 Å². The number of alkyl halides is 2. The maximum Gasteiger partial charge on any atom is 0.465 e. The highest BCUT2D eigenvalue weighted by Crippen LogP contribution is 2.40. The highest BCUT2D eigenvalue weighted by molar-refractivity contribution is 7.87. The second-order valence-corrected chi connectivity index (χ2v) is 7.12. The van der Waals surface area contributed by atoms with E-state index in [2.05, 4.69) is 4.74 Å². The molecule has 2 saturated carbocycles. The van der Waals surface area contributed by atoms with Gasteiger partial charge < -0.3 is 4.74 Å². The van der Waals surface area contributed by atoms with Crippen LogP contribution in [0.4, 0.5) is 8.78 Å². The van der Waals surface area contributed by atoms with E-state index in [0.29, 0.717) is 12.3 Å². The third-order valence-electron chi connectivity index (χ3n) is 4.18. The molecule has 0 heterocycles. The minimum atomic E-state index is -5.88. The van der Waals surface area contributed by atoms with Crippen molar-refractivity contribution in [1.29, 1.82) is 0 Å². The highest BCUT2D eigenvalue weighted by atomic mass is 32.2. The molecule has 3 unspecified atom stereocenters. The lowest BCUT2D eigenvalue weighted by atomic mass is 9.67. The number of hydrogen-bond acceptors (Lipinski definition) is 5. The van der Waals surface area contributed by atoms with E-state index in [9.17, 15) is 26.8 Å². The topological polar surface area (TPSA) is 97.7 Å². The number of hydrogen-bond donors (Lipinski definition) is 1. The van der Waals surface area contributed by atoms with Gasteiger partial charge in [0, 0.05) is 5.92 Å². The number of rotatable bonds is 4. The van der Waals surface area contributed by atoms with Gasteiger partial charge >= 0.3 is 21.3 Å². The molecule has 2 fully saturated rings. The molecule has 2 aliphatic rings. The van der Waals surface area contributed by atoms with Crippen LogP contribution in [0.1, 0.15) is 32.1 Å². The summed E-state index contributed by atoms with van der Waals surface area (Å²) in [5.74, 6) is -2.95. The summed E-state index contributed by atoms with van der Waals surface area (Å²) in [5.41, 5.74) is 0. The summed E-state index contributed by atoms with van der Waals surface area (Å²) in [6.07, 6.45) is 3.90. The van der Waals surface area contributed by atoms with Crippen LogP contribution in [0.5, 0.6) is 0 Å². The van der Waals surface area contributed by atoms with Gasteiger partial charge in [0.15, 0.2) is 0 Å². The summed E-state index contributed by atoms with van der Waals surface area (Å²) in [6, 6.07) is 0. The molecule has 6 nitrogen and oxygen atoms in total. The first-order valence-electron chi connectivity index (χ1n) is 6.68. The first-order valence-corrected chi connectivity index (χ1v) is 8.12. The summed E-state index contributed by atoms with van der Waals surface area (Å²) < 4.78 is 59.4. The Kier molecular flexibility index (Phi) is 4.34. The van der Waals surface area contributed by atoms with E-state index in [0.717, 1.165) is 25.7 Å². The zero-order chi connectivity index (χ0) is 15.8. The molecule has 21 heavy (non-hydrogen) atoms. The van der Waals surface area contributed by atoms with E-state index >= 15 is 0 Å². The van der Waals surface area contributed by atoms with Crippen LogP contribution < -0.4 is 0 Å². The van der Waals surface area contributed by atoms with Crippen molar-refractivity contribution in [3.05, 3.63) is 0 Å². The summed E-state index contributed by atoms with van der Waals surface area (Å²) in [7, 11) is -5.88. The average Bonchev–Trinajstić information content (AvgIpc) is 2.40. The molecule has 1 N–H and O–H groups in total. The number of ketones is 1. The molecule has 0 radical (unpaired) electrons. The maximum atomic E-state index is 13.0. The predicted molar refractivity (Wildman–Crippen MR) is 66.0 cm³/mol. The molecule has 0 aromatic rings. The van der Waals surface area contributed by atoms with Crippen molar-refractivity contribution in [2.45, 2.75) is 37.4 Å². The molecule has 0 amide bonds. The smallest absolute Gasteiger partial charge is 0.460 e. The van der Waals surface area contributed by atoms with Crippen molar-refractivity contribution in [1.82, 2.24) is 0 Å². The van der Waals surface area contributed by atoms with Crippen LogP contribution in [0.3, 0.4) is 0 Å². The second-order valence-electron chi connectivity index (χ2n) is 5.65. The Morgan fingerprint density at radius 3 is 2.62 bits per heavy atom. The van der Waals surface area contributed by atoms with Crippen LogP contribution >= 0.6 is 0 Å². The molecule has 2 rings (SSSR count). The van der Waals surface area contributed by atoms with Crippen molar-refractivity contribution in [3.8, 4) is 0 Å². The largest absolute Gasteiger partial charge is 0.465 e. The molecule has 0 spiro atoms. The van der Waals surface area contributed by atoms with Crippen LogP contribution in [-0.2, 0) is 24.4 Å². The Bertz CT molecular complexity index is 544. The van der Waals surface area contributed by atoms with Crippen molar-refractivity contribution in [2.24, 2.45) is 17.8 Å². The molecule has 0 aliphatic heterocycles. The molecule has 0 aromatic carbocycles. The first-order chi connectivity index (χ1) is 9.63.